The fourth-order valence-corrected chi connectivity index (χ4v) is 3.02. The van der Waals surface area contributed by atoms with Crippen molar-refractivity contribution < 1.29 is 0 Å². The second-order valence-electron chi connectivity index (χ2n) is 6.13. The predicted octanol–water partition coefficient (Wildman–Crippen LogP) is 1.45. The highest BCUT2D eigenvalue weighted by molar-refractivity contribution is 5.80. The number of fused-ring (bicyclic) bond motifs is 3. The molecule has 4 aromatic rings. The predicted molar refractivity (Wildman–Crippen MR) is 97.4 cm³/mol. The number of benzene rings is 2. The first-order valence-electron chi connectivity index (χ1n) is 7.91. The van der Waals surface area contributed by atoms with Crippen LogP contribution in [0.15, 0.2) is 58.1 Å². The van der Waals surface area contributed by atoms with E-state index in [2.05, 4.69) is 10.2 Å². The Balaban J connectivity index is 1.93. The molecule has 0 saturated heterocycles. The summed E-state index contributed by atoms with van der Waals surface area (Å²) in [6, 6.07) is 15.7. The Morgan fingerprint density at radius 2 is 1.68 bits per heavy atom. The first-order valence-corrected chi connectivity index (χ1v) is 7.91. The number of anilines is 1. The Morgan fingerprint density at radius 3 is 2.36 bits per heavy atom. The van der Waals surface area contributed by atoms with Gasteiger partial charge >= 0.3 is 11.1 Å². The molecule has 0 saturated carbocycles. The van der Waals surface area contributed by atoms with Gasteiger partial charge in [-0.2, -0.15) is 0 Å². The minimum Gasteiger partial charge on any atom is -0.378 e. The first kappa shape index (κ1) is 15.2. The van der Waals surface area contributed by atoms with Crippen LogP contribution in [0.25, 0.3) is 16.8 Å². The molecule has 0 atom stereocenters. The van der Waals surface area contributed by atoms with Gasteiger partial charge in [-0.3, -0.25) is 9.59 Å². The maximum absolute atomic E-state index is 12.3. The Bertz CT molecular complexity index is 1180. The highest BCUT2D eigenvalue weighted by Gasteiger charge is 2.14. The molecule has 7 nitrogen and oxygen atoms in total. The standard InChI is InChI=1S/C18H17N5O2/c1-21(2)13-9-7-12(8-10-13)11-22-14-5-3-4-6-15(14)23-17(25)16(24)19-20-18(22)23/h3-10H,11H2,1-2H3,(H,19,24). The molecule has 2 heterocycles. The molecule has 0 aliphatic heterocycles. The van der Waals surface area contributed by atoms with Crippen molar-refractivity contribution in [2.24, 2.45) is 0 Å². The van der Waals surface area contributed by atoms with Crippen LogP contribution in [0.3, 0.4) is 0 Å². The highest BCUT2D eigenvalue weighted by Crippen LogP contribution is 2.20. The molecule has 0 fully saturated rings. The second kappa shape index (κ2) is 5.62. The molecule has 2 aromatic carbocycles. The van der Waals surface area contributed by atoms with Crippen LogP contribution >= 0.6 is 0 Å². The first-order chi connectivity index (χ1) is 12.1. The lowest BCUT2D eigenvalue weighted by Crippen LogP contribution is -2.33. The van der Waals surface area contributed by atoms with E-state index in [1.54, 1.807) is 0 Å². The van der Waals surface area contributed by atoms with Gasteiger partial charge in [0.15, 0.2) is 0 Å². The molecule has 0 aliphatic carbocycles. The van der Waals surface area contributed by atoms with E-state index < -0.39 is 11.1 Å². The Morgan fingerprint density at radius 1 is 1.00 bits per heavy atom. The number of imidazole rings is 1. The van der Waals surface area contributed by atoms with E-state index in [9.17, 15) is 9.59 Å². The lowest BCUT2D eigenvalue weighted by atomic mass is 10.2. The average molecular weight is 335 g/mol. The number of rotatable bonds is 3. The Labute approximate surface area is 142 Å². The third kappa shape index (κ3) is 2.40. The van der Waals surface area contributed by atoms with Gasteiger partial charge in [-0.05, 0) is 29.8 Å². The molecule has 4 rings (SSSR count). The number of hydrogen-bond acceptors (Lipinski definition) is 4. The molecule has 0 amide bonds. The van der Waals surface area contributed by atoms with Crippen LogP contribution in [-0.4, -0.2) is 33.3 Å². The van der Waals surface area contributed by atoms with Gasteiger partial charge in [0.05, 0.1) is 17.6 Å². The van der Waals surface area contributed by atoms with Crippen LogP contribution < -0.4 is 16.0 Å². The number of aromatic amines is 1. The topological polar surface area (TPSA) is 75.4 Å². The van der Waals surface area contributed by atoms with Crippen LogP contribution in [0.4, 0.5) is 5.69 Å². The van der Waals surface area contributed by atoms with Crippen molar-refractivity contribution in [2.75, 3.05) is 19.0 Å². The molecule has 1 N–H and O–H groups in total. The fraction of sp³-hybridized carbons (Fsp3) is 0.167. The summed E-state index contributed by atoms with van der Waals surface area (Å²) in [5, 5.41) is 6.39. The number of H-pyrrole nitrogens is 1. The zero-order valence-corrected chi connectivity index (χ0v) is 13.9. The van der Waals surface area contributed by atoms with E-state index in [4.69, 9.17) is 0 Å². The molecular weight excluding hydrogens is 318 g/mol. The van der Waals surface area contributed by atoms with Gasteiger partial charge in [-0.15, -0.1) is 5.10 Å². The SMILES string of the molecule is CN(C)c1ccc(Cn2c3ccccc3n3c(=O)c(=O)[nH]nc23)cc1. The highest BCUT2D eigenvalue weighted by atomic mass is 16.2. The number of aromatic nitrogens is 4. The number of hydrogen-bond donors (Lipinski definition) is 1. The average Bonchev–Trinajstić information content (AvgIpc) is 2.93. The third-order valence-electron chi connectivity index (χ3n) is 4.30. The van der Waals surface area contributed by atoms with Gasteiger partial charge in [-0.25, -0.2) is 9.50 Å². The summed E-state index contributed by atoms with van der Waals surface area (Å²) in [7, 11) is 3.99. The van der Waals surface area contributed by atoms with Crippen molar-refractivity contribution >= 4 is 22.5 Å². The number of para-hydroxylation sites is 2. The molecule has 126 valence electrons. The lowest BCUT2D eigenvalue weighted by molar-refractivity contribution is 0.798. The molecule has 2 aromatic heterocycles. The molecular formula is C18H17N5O2. The van der Waals surface area contributed by atoms with Crippen molar-refractivity contribution in [3.8, 4) is 0 Å². The van der Waals surface area contributed by atoms with Crippen molar-refractivity contribution in [1.82, 2.24) is 19.2 Å². The molecule has 0 aliphatic rings. The minimum atomic E-state index is -0.726. The molecule has 0 spiro atoms. The largest absolute Gasteiger partial charge is 0.378 e. The molecule has 25 heavy (non-hydrogen) atoms. The van der Waals surface area contributed by atoms with Crippen molar-refractivity contribution in [1.29, 1.82) is 0 Å². The monoisotopic (exact) mass is 335 g/mol. The summed E-state index contributed by atoms with van der Waals surface area (Å²) in [6.45, 7) is 0.545. The van der Waals surface area contributed by atoms with Gasteiger partial charge in [0.25, 0.3) is 0 Å². The van der Waals surface area contributed by atoms with Gasteiger partial charge in [0.1, 0.15) is 0 Å². The van der Waals surface area contributed by atoms with E-state index >= 15 is 0 Å². The Kier molecular flexibility index (Phi) is 3.42. The number of nitrogens with one attached hydrogen (secondary N) is 1. The zero-order chi connectivity index (χ0) is 17.6. The fourth-order valence-electron chi connectivity index (χ4n) is 3.02. The number of nitrogens with zero attached hydrogens (tertiary/aromatic N) is 4. The van der Waals surface area contributed by atoms with E-state index in [0.717, 1.165) is 16.8 Å². The van der Waals surface area contributed by atoms with Crippen molar-refractivity contribution in [3.63, 3.8) is 0 Å². The van der Waals surface area contributed by atoms with Gasteiger partial charge < -0.3 is 9.47 Å². The zero-order valence-electron chi connectivity index (χ0n) is 13.9. The van der Waals surface area contributed by atoms with Crippen LogP contribution in [0.1, 0.15) is 5.56 Å². The maximum atomic E-state index is 12.3. The molecule has 0 bridgehead atoms. The van der Waals surface area contributed by atoms with Crippen molar-refractivity contribution in [3.05, 3.63) is 74.8 Å². The summed E-state index contributed by atoms with van der Waals surface area (Å²) < 4.78 is 3.29. The summed E-state index contributed by atoms with van der Waals surface area (Å²) in [4.78, 5) is 26.0. The molecule has 7 heteroatoms. The quantitative estimate of drug-likeness (QED) is 0.575. The Hall–Kier alpha value is -3.35. The van der Waals surface area contributed by atoms with Crippen molar-refractivity contribution in [2.45, 2.75) is 6.54 Å². The normalized spacial score (nSPS) is 11.3. The van der Waals surface area contributed by atoms with E-state index in [1.165, 1.54) is 4.40 Å². The summed E-state index contributed by atoms with van der Waals surface area (Å²) >= 11 is 0. The van der Waals surface area contributed by atoms with Gasteiger partial charge in [0, 0.05) is 19.8 Å². The van der Waals surface area contributed by atoms with E-state index in [0.29, 0.717) is 17.8 Å². The van der Waals surface area contributed by atoms with Crippen LogP contribution in [0, 0.1) is 0 Å². The second-order valence-corrected chi connectivity index (χ2v) is 6.13. The molecule has 0 unspecified atom stereocenters. The van der Waals surface area contributed by atoms with Crippen LogP contribution in [0.2, 0.25) is 0 Å². The molecule has 0 radical (unpaired) electrons. The van der Waals surface area contributed by atoms with E-state index in [-0.39, 0.29) is 0 Å². The lowest BCUT2D eigenvalue weighted by Gasteiger charge is -2.13. The van der Waals surface area contributed by atoms with E-state index in [1.807, 2.05) is 72.1 Å². The summed E-state index contributed by atoms with van der Waals surface area (Å²) in [5.74, 6) is 0.419. The smallest absolute Gasteiger partial charge is 0.330 e. The summed E-state index contributed by atoms with van der Waals surface area (Å²) in [6.07, 6.45) is 0. The van der Waals surface area contributed by atoms with Crippen LogP contribution in [0.5, 0.6) is 0 Å². The maximum Gasteiger partial charge on any atom is 0.330 e. The third-order valence-corrected chi connectivity index (χ3v) is 4.30. The van der Waals surface area contributed by atoms with Gasteiger partial charge in [-0.1, -0.05) is 24.3 Å². The van der Waals surface area contributed by atoms with Gasteiger partial charge in [0.2, 0.25) is 5.78 Å². The minimum absolute atomic E-state index is 0.419. The van der Waals surface area contributed by atoms with Crippen LogP contribution in [-0.2, 0) is 6.54 Å². The summed E-state index contributed by atoms with van der Waals surface area (Å²) in [5.41, 5.74) is 2.37.